The van der Waals surface area contributed by atoms with E-state index in [0.717, 1.165) is 42.6 Å². The number of rotatable bonds is 7. The Balaban J connectivity index is 1.10. The molecular weight excluding hydrogens is 408 g/mol. The average molecular weight is 437 g/mol. The van der Waals surface area contributed by atoms with E-state index in [4.69, 9.17) is 4.74 Å². The molecule has 0 spiro atoms. The Labute approximate surface area is 194 Å². The van der Waals surface area contributed by atoms with Gasteiger partial charge in [-0.05, 0) is 46.7 Å². The van der Waals surface area contributed by atoms with Crippen LogP contribution in [0.15, 0.2) is 91.0 Å². The molecule has 1 aliphatic rings. The van der Waals surface area contributed by atoms with Gasteiger partial charge in [-0.3, -0.25) is 9.69 Å². The quantitative estimate of drug-likeness (QED) is 0.405. The van der Waals surface area contributed by atoms with E-state index in [1.54, 1.807) is 0 Å². The molecule has 1 amide bonds. The molecule has 1 N–H and O–H groups in total. The molecule has 4 heteroatoms. The summed E-state index contributed by atoms with van der Waals surface area (Å²) in [5.74, 6) is 0.766. The second kappa shape index (κ2) is 9.88. The Morgan fingerprint density at radius 1 is 0.848 bits per heavy atom. The highest BCUT2D eigenvalue weighted by molar-refractivity contribution is 5.94. The monoisotopic (exact) mass is 436 g/mol. The molecular formula is C29H28N2O2. The number of nitrogens with zero attached hydrogens (tertiary/aromatic N) is 1. The second-order valence-corrected chi connectivity index (χ2v) is 8.51. The van der Waals surface area contributed by atoms with Crippen molar-refractivity contribution in [3.05, 3.63) is 113 Å². The minimum atomic E-state index is -0.0741. The number of nitrogens with one attached hydrogen (secondary N) is 1. The van der Waals surface area contributed by atoms with Gasteiger partial charge in [0.1, 0.15) is 12.4 Å². The summed E-state index contributed by atoms with van der Waals surface area (Å²) in [7, 11) is 0. The summed E-state index contributed by atoms with van der Waals surface area (Å²) in [4.78, 5) is 15.0. The molecule has 0 fully saturated rings. The fraction of sp³-hybridized carbons (Fsp3) is 0.207. The minimum absolute atomic E-state index is 0.0741. The highest BCUT2D eigenvalue weighted by Gasteiger charge is 2.16. The largest absolute Gasteiger partial charge is 0.491 e. The summed E-state index contributed by atoms with van der Waals surface area (Å²) in [5.41, 5.74) is 4.79. The lowest BCUT2D eigenvalue weighted by molar-refractivity contribution is 0.0947. The maximum absolute atomic E-state index is 12.5. The van der Waals surface area contributed by atoms with Crippen LogP contribution >= 0.6 is 0 Å². The Hall–Kier alpha value is -3.63. The molecule has 33 heavy (non-hydrogen) atoms. The second-order valence-electron chi connectivity index (χ2n) is 8.51. The average Bonchev–Trinajstić information content (AvgIpc) is 2.87. The first-order valence-corrected chi connectivity index (χ1v) is 11.5. The zero-order chi connectivity index (χ0) is 22.5. The molecule has 0 radical (unpaired) electrons. The van der Waals surface area contributed by atoms with Crippen molar-refractivity contribution < 1.29 is 9.53 Å². The summed E-state index contributed by atoms with van der Waals surface area (Å²) in [6.07, 6.45) is 1.09. The molecule has 0 saturated carbocycles. The third kappa shape index (κ3) is 5.07. The van der Waals surface area contributed by atoms with Gasteiger partial charge >= 0.3 is 0 Å². The number of fused-ring (bicyclic) bond motifs is 2. The van der Waals surface area contributed by atoms with Crippen LogP contribution in [0.3, 0.4) is 0 Å². The molecule has 4 nitrogen and oxygen atoms in total. The maximum Gasteiger partial charge on any atom is 0.251 e. The van der Waals surface area contributed by atoms with Crippen LogP contribution in [0.1, 0.15) is 27.0 Å². The van der Waals surface area contributed by atoms with Crippen LogP contribution < -0.4 is 10.1 Å². The zero-order valence-corrected chi connectivity index (χ0v) is 18.7. The maximum atomic E-state index is 12.5. The Bertz CT molecular complexity index is 1240. The van der Waals surface area contributed by atoms with E-state index in [-0.39, 0.29) is 5.91 Å². The summed E-state index contributed by atoms with van der Waals surface area (Å²) in [5, 5.41) is 5.18. The van der Waals surface area contributed by atoms with Gasteiger partial charge in [-0.2, -0.15) is 0 Å². The van der Waals surface area contributed by atoms with E-state index < -0.39 is 0 Å². The van der Waals surface area contributed by atoms with Crippen molar-refractivity contribution >= 4 is 16.7 Å². The summed E-state index contributed by atoms with van der Waals surface area (Å²) in [6.45, 7) is 3.82. The lowest BCUT2D eigenvalue weighted by Gasteiger charge is -2.28. The third-order valence-corrected chi connectivity index (χ3v) is 6.23. The number of amides is 1. The van der Waals surface area contributed by atoms with E-state index in [1.807, 2.05) is 42.5 Å². The van der Waals surface area contributed by atoms with Gasteiger partial charge < -0.3 is 10.1 Å². The highest BCUT2D eigenvalue weighted by atomic mass is 16.5. The molecule has 0 unspecified atom stereocenters. The van der Waals surface area contributed by atoms with E-state index in [9.17, 15) is 4.79 Å². The number of hydrogen-bond acceptors (Lipinski definition) is 3. The van der Waals surface area contributed by atoms with Crippen LogP contribution in [0, 0.1) is 0 Å². The number of ether oxygens (including phenoxy) is 1. The van der Waals surface area contributed by atoms with Gasteiger partial charge in [-0.1, -0.05) is 72.8 Å². The first-order chi connectivity index (χ1) is 16.3. The number of carbonyl (C=O) groups excluding carboxylic acids is 1. The topological polar surface area (TPSA) is 41.6 Å². The predicted molar refractivity (Wildman–Crippen MR) is 132 cm³/mol. The first-order valence-electron chi connectivity index (χ1n) is 11.5. The standard InChI is InChI=1S/C29H28N2O2/c32-29(30-17-19-33-28-11-5-9-24-7-3-4-10-27(24)28)25-14-12-22(13-15-25)20-31-18-16-23-6-1-2-8-26(23)21-31/h1-15H,16-21H2,(H,30,32). The Kier molecular flexibility index (Phi) is 6.36. The van der Waals surface area contributed by atoms with Crippen molar-refractivity contribution in [2.45, 2.75) is 19.5 Å². The minimum Gasteiger partial charge on any atom is -0.491 e. The molecule has 1 aliphatic heterocycles. The lowest BCUT2D eigenvalue weighted by atomic mass is 9.99. The van der Waals surface area contributed by atoms with Crippen LogP contribution in [-0.4, -0.2) is 30.5 Å². The van der Waals surface area contributed by atoms with Crippen molar-refractivity contribution in [2.24, 2.45) is 0 Å². The van der Waals surface area contributed by atoms with Crippen LogP contribution in [0.2, 0.25) is 0 Å². The number of benzene rings is 4. The fourth-order valence-corrected chi connectivity index (χ4v) is 4.46. The summed E-state index contributed by atoms with van der Waals surface area (Å²) < 4.78 is 5.91. The lowest BCUT2D eigenvalue weighted by Crippen LogP contribution is -2.30. The normalized spacial score (nSPS) is 13.5. The smallest absolute Gasteiger partial charge is 0.251 e. The predicted octanol–water partition coefficient (Wildman–Crippen LogP) is 5.21. The Morgan fingerprint density at radius 2 is 1.61 bits per heavy atom. The van der Waals surface area contributed by atoms with Crippen molar-refractivity contribution in [2.75, 3.05) is 19.7 Å². The molecule has 4 aromatic carbocycles. The van der Waals surface area contributed by atoms with Gasteiger partial charge in [-0.25, -0.2) is 0 Å². The van der Waals surface area contributed by atoms with Crippen LogP contribution in [0.5, 0.6) is 5.75 Å². The van der Waals surface area contributed by atoms with Gasteiger partial charge in [0.25, 0.3) is 5.91 Å². The van der Waals surface area contributed by atoms with Gasteiger partial charge in [0, 0.05) is 30.6 Å². The molecule has 0 atom stereocenters. The van der Waals surface area contributed by atoms with Crippen LogP contribution in [0.25, 0.3) is 10.8 Å². The highest BCUT2D eigenvalue weighted by Crippen LogP contribution is 2.25. The third-order valence-electron chi connectivity index (χ3n) is 6.23. The SMILES string of the molecule is O=C(NCCOc1cccc2ccccc12)c1ccc(CN2CCc3ccccc3C2)cc1. The van der Waals surface area contributed by atoms with E-state index in [0.29, 0.717) is 18.7 Å². The van der Waals surface area contributed by atoms with Gasteiger partial charge in [0.2, 0.25) is 0 Å². The molecule has 1 heterocycles. The zero-order valence-electron chi connectivity index (χ0n) is 18.7. The van der Waals surface area contributed by atoms with Crippen molar-refractivity contribution in [3.63, 3.8) is 0 Å². The molecule has 0 aliphatic carbocycles. The van der Waals surface area contributed by atoms with E-state index in [1.165, 1.54) is 16.7 Å². The van der Waals surface area contributed by atoms with Crippen LogP contribution in [-0.2, 0) is 19.5 Å². The van der Waals surface area contributed by atoms with Crippen molar-refractivity contribution in [1.82, 2.24) is 10.2 Å². The van der Waals surface area contributed by atoms with Crippen molar-refractivity contribution in [1.29, 1.82) is 0 Å². The number of carbonyl (C=O) groups is 1. The van der Waals surface area contributed by atoms with Gasteiger partial charge in [0.15, 0.2) is 0 Å². The molecule has 0 aromatic heterocycles. The van der Waals surface area contributed by atoms with E-state index >= 15 is 0 Å². The van der Waals surface area contributed by atoms with Gasteiger partial charge in [-0.15, -0.1) is 0 Å². The van der Waals surface area contributed by atoms with E-state index in [2.05, 4.69) is 58.7 Å². The number of hydrogen-bond donors (Lipinski definition) is 1. The first kappa shape index (κ1) is 21.2. The summed E-state index contributed by atoms with van der Waals surface area (Å²) in [6, 6.07) is 30.8. The molecule has 0 bridgehead atoms. The molecule has 5 rings (SSSR count). The molecule has 166 valence electrons. The van der Waals surface area contributed by atoms with Gasteiger partial charge in [0.05, 0.1) is 6.54 Å². The van der Waals surface area contributed by atoms with Crippen molar-refractivity contribution in [3.8, 4) is 5.75 Å². The molecule has 4 aromatic rings. The van der Waals surface area contributed by atoms with Crippen LogP contribution in [0.4, 0.5) is 0 Å². The Morgan fingerprint density at radius 3 is 2.48 bits per heavy atom. The summed E-state index contributed by atoms with van der Waals surface area (Å²) >= 11 is 0. The molecule has 0 saturated heterocycles. The fourth-order valence-electron chi connectivity index (χ4n) is 4.46.